The minimum absolute atomic E-state index is 0.0884. The maximum absolute atomic E-state index is 13.9. The van der Waals surface area contributed by atoms with Gasteiger partial charge in [-0.1, -0.05) is 31.9 Å². The van der Waals surface area contributed by atoms with Crippen LogP contribution in [0.2, 0.25) is 0 Å². The molecule has 2 bridgehead atoms. The minimum Gasteiger partial charge on any atom is -0.465 e. The number of hydrogen-bond donors (Lipinski definition) is 1. The molecule has 2 amide bonds. The highest BCUT2D eigenvalue weighted by Crippen LogP contribution is 2.58. The van der Waals surface area contributed by atoms with Crippen LogP contribution in [0.5, 0.6) is 0 Å². The second-order valence-electron chi connectivity index (χ2n) is 9.90. The zero-order valence-corrected chi connectivity index (χ0v) is 21.2. The van der Waals surface area contributed by atoms with Gasteiger partial charge in [-0.05, 0) is 44.9 Å². The Kier molecular flexibility index (Phi) is 9.92. The number of esters is 1. The normalized spacial score (nSPS) is 28.7. The molecule has 3 heterocycles. The average molecular weight is 491 g/mol. The van der Waals surface area contributed by atoms with Gasteiger partial charge in [-0.2, -0.15) is 0 Å². The summed E-state index contributed by atoms with van der Waals surface area (Å²) in [6, 6.07) is -0.802. The Morgan fingerprint density at radius 3 is 2.71 bits per heavy atom. The van der Waals surface area contributed by atoms with Crippen molar-refractivity contribution in [1.29, 1.82) is 0 Å². The van der Waals surface area contributed by atoms with Gasteiger partial charge in [0.25, 0.3) is 0 Å². The van der Waals surface area contributed by atoms with Crippen LogP contribution in [-0.4, -0.2) is 83.3 Å². The summed E-state index contributed by atoms with van der Waals surface area (Å²) in [5, 5.41) is 9.45. The third-order valence-corrected chi connectivity index (χ3v) is 7.60. The summed E-state index contributed by atoms with van der Waals surface area (Å²) in [7, 11) is 0. The fourth-order valence-electron chi connectivity index (χ4n) is 6.01. The fraction of sp³-hybridized carbons (Fsp3) is 0.741. The van der Waals surface area contributed by atoms with Gasteiger partial charge in [0.2, 0.25) is 11.8 Å². The molecule has 1 N–H and O–H groups in total. The number of nitrogens with zero attached hydrogens (tertiary/aromatic N) is 2. The number of likely N-dealkylation sites (tertiary alicyclic amines) is 1. The lowest BCUT2D eigenvalue weighted by Crippen LogP contribution is -2.56. The van der Waals surface area contributed by atoms with Gasteiger partial charge >= 0.3 is 5.97 Å². The molecular weight excluding hydrogens is 448 g/mol. The largest absolute Gasteiger partial charge is 0.465 e. The third kappa shape index (κ3) is 5.48. The maximum Gasteiger partial charge on any atom is 0.312 e. The van der Waals surface area contributed by atoms with Crippen molar-refractivity contribution in [3.05, 3.63) is 25.3 Å². The topological polar surface area (TPSA) is 96.4 Å². The summed E-state index contributed by atoms with van der Waals surface area (Å²) < 4.78 is 12.0. The van der Waals surface area contributed by atoms with E-state index < -0.39 is 35.6 Å². The Morgan fingerprint density at radius 1 is 1.23 bits per heavy atom. The van der Waals surface area contributed by atoms with E-state index in [0.29, 0.717) is 39.0 Å². The second-order valence-corrected chi connectivity index (χ2v) is 9.90. The van der Waals surface area contributed by atoms with Gasteiger partial charge in [-0.15, -0.1) is 13.2 Å². The molecule has 0 aromatic carbocycles. The number of hydrogen-bond acceptors (Lipinski definition) is 6. The van der Waals surface area contributed by atoms with E-state index in [1.165, 1.54) is 0 Å². The van der Waals surface area contributed by atoms with Crippen molar-refractivity contribution in [3.8, 4) is 0 Å². The van der Waals surface area contributed by atoms with E-state index in [-0.39, 0.29) is 25.0 Å². The van der Waals surface area contributed by atoms with Crippen molar-refractivity contribution in [2.24, 2.45) is 11.8 Å². The monoisotopic (exact) mass is 490 g/mol. The van der Waals surface area contributed by atoms with Gasteiger partial charge in [-0.25, -0.2) is 0 Å². The van der Waals surface area contributed by atoms with Crippen LogP contribution in [0.1, 0.15) is 64.7 Å². The second kappa shape index (κ2) is 12.7. The van der Waals surface area contributed by atoms with E-state index in [1.807, 2.05) is 6.08 Å². The predicted molar refractivity (Wildman–Crippen MR) is 132 cm³/mol. The molecule has 196 valence electrons. The molecule has 3 aliphatic rings. The Morgan fingerprint density at radius 2 is 2.03 bits per heavy atom. The lowest BCUT2D eigenvalue weighted by atomic mass is 9.70. The molecule has 0 aromatic rings. The first-order chi connectivity index (χ1) is 17.0. The maximum atomic E-state index is 13.9. The molecule has 3 aliphatic heterocycles. The van der Waals surface area contributed by atoms with Crippen LogP contribution in [0.25, 0.3) is 0 Å². The molecule has 0 aliphatic carbocycles. The molecule has 3 fully saturated rings. The van der Waals surface area contributed by atoms with Crippen LogP contribution in [0.3, 0.4) is 0 Å². The Bertz CT molecular complexity index is 786. The molecule has 0 saturated carbocycles. The number of fused-ring (bicyclic) bond motifs is 1. The van der Waals surface area contributed by atoms with Crippen LogP contribution in [0.15, 0.2) is 25.3 Å². The average Bonchev–Trinajstić information content (AvgIpc) is 3.49. The lowest BCUT2D eigenvalue weighted by Gasteiger charge is -2.36. The molecule has 2 unspecified atom stereocenters. The predicted octanol–water partition coefficient (Wildman–Crippen LogP) is 2.85. The summed E-state index contributed by atoms with van der Waals surface area (Å²) in [6.07, 6.45) is 10.1. The van der Waals surface area contributed by atoms with E-state index in [2.05, 4.69) is 20.1 Å². The standard InChI is InChI=1S/C27H42N2O6/c1-4-7-9-11-19-34-26(33)21-20-13-14-27(35-20)22(21)24(31)29(17-12-18-30)23(27)25(32)28(15-6-3)16-10-8-5-2/h4,6,20-23,30H,1,3,5,7-19H2,2H3/t20-,21+,22+,23?,27?/m1/s1. The molecule has 35 heavy (non-hydrogen) atoms. The van der Waals surface area contributed by atoms with Gasteiger partial charge in [0.15, 0.2) is 0 Å². The number of carbonyl (C=O) groups excluding carboxylic acids is 3. The first-order valence-electron chi connectivity index (χ1n) is 13.2. The van der Waals surface area contributed by atoms with E-state index in [1.54, 1.807) is 15.9 Å². The molecule has 5 atom stereocenters. The number of aliphatic hydroxyl groups excluding tert-OH is 1. The summed E-state index contributed by atoms with van der Waals surface area (Å²) in [4.78, 5) is 44.1. The van der Waals surface area contributed by atoms with Crippen molar-refractivity contribution in [2.45, 2.75) is 82.5 Å². The molecule has 0 aromatic heterocycles. The summed E-state index contributed by atoms with van der Waals surface area (Å²) in [6.45, 7) is 11.1. The zero-order chi connectivity index (χ0) is 25.4. The van der Waals surface area contributed by atoms with Crippen LogP contribution in [0.4, 0.5) is 0 Å². The molecular formula is C27H42N2O6. The summed E-state index contributed by atoms with van der Waals surface area (Å²) in [5.74, 6) is -2.22. The Labute approximate surface area is 209 Å². The number of carbonyl (C=O) groups is 3. The van der Waals surface area contributed by atoms with Crippen LogP contribution in [-0.2, 0) is 23.9 Å². The van der Waals surface area contributed by atoms with Gasteiger partial charge in [0, 0.05) is 26.2 Å². The van der Waals surface area contributed by atoms with Crippen molar-refractivity contribution >= 4 is 17.8 Å². The summed E-state index contributed by atoms with van der Waals surface area (Å²) in [5.41, 5.74) is -1.02. The highest BCUT2D eigenvalue weighted by Gasteiger charge is 2.74. The number of ether oxygens (including phenoxy) is 2. The highest BCUT2D eigenvalue weighted by atomic mass is 16.6. The van der Waals surface area contributed by atoms with Gasteiger partial charge < -0.3 is 24.4 Å². The lowest BCUT2D eigenvalue weighted by molar-refractivity contribution is -0.155. The number of aliphatic hydroxyl groups is 1. The van der Waals surface area contributed by atoms with Crippen molar-refractivity contribution < 1.29 is 29.0 Å². The van der Waals surface area contributed by atoms with Crippen molar-refractivity contribution in [1.82, 2.24) is 9.80 Å². The molecule has 0 radical (unpaired) electrons. The van der Waals surface area contributed by atoms with E-state index >= 15 is 0 Å². The van der Waals surface area contributed by atoms with Crippen molar-refractivity contribution in [2.75, 3.05) is 32.8 Å². The minimum atomic E-state index is -1.02. The SMILES string of the molecule is C=CCCCCOC(=O)[C@@H]1[C@H]2C(=O)N(CCCO)C(C(=O)N(CC=C)CCCCC)C23CC[C@H]1O3. The fourth-order valence-corrected chi connectivity index (χ4v) is 6.01. The number of rotatable bonds is 16. The zero-order valence-electron chi connectivity index (χ0n) is 21.2. The van der Waals surface area contributed by atoms with Crippen LogP contribution >= 0.6 is 0 Å². The van der Waals surface area contributed by atoms with Gasteiger partial charge in [0.05, 0.1) is 24.5 Å². The molecule has 3 rings (SSSR count). The molecule has 8 heteroatoms. The molecule has 3 saturated heterocycles. The van der Waals surface area contributed by atoms with Gasteiger partial charge in [0.1, 0.15) is 11.6 Å². The first-order valence-corrected chi connectivity index (χ1v) is 13.2. The van der Waals surface area contributed by atoms with E-state index in [9.17, 15) is 19.5 Å². The smallest absolute Gasteiger partial charge is 0.312 e. The Hall–Kier alpha value is -2.19. The quantitative estimate of drug-likeness (QED) is 0.203. The summed E-state index contributed by atoms with van der Waals surface area (Å²) >= 11 is 0. The van der Waals surface area contributed by atoms with E-state index in [0.717, 1.165) is 38.5 Å². The van der Waals surface area contributed by atoms with Gasteiger partial charge in [-0.3, -0.25) is 14.4 Å². The molecule has 8 nitrogen and oxygen atoms in total. The number of allylic oxidation sites excluding steroid dienone is 1. The first kappa shape index (κ1) is 27.4. The van der Waals surface area contributed by atoms with E-state index in [4.69, 9.17) is 9.47 Å². The molecule has 1 spiro atoms. The number of amides is 2. The van der Waals surface area contributed by atoms with Crippen LogP contribution in [0, 0.1) is 11.8 Å². The Balaban J connectivity index is 1.84. The van der Waals surface area contributed by atoms with Crippen molar-refractivity contribution in [3.63, 3.8) is 0 Å². The third-order valence-electron chi connectivity index (χ3n) is 7.60. The number of unbranched alkanes of at least 4 members (excludes halogenated alkanes) is 4. The van der Waals surface area contributed by atoms with Crippen LogP contribution < -0.4 is 0 Å². The highest BCUT2D eigenvalue weighted by molar-refractivity contribution is 5.98.